The summed E-state index contributed by atoms with van der Waals surface area (Å²) in [6.45, 7) is -0.826. The molecule has 0 aliphatic heterocycles. The Hall–Kier alpha value is -2.64. The second kappa shape index (κ2) is 9.34. The average molecular weight is 413 g/mol. The molecule has 0 bridgehead atoms. The number of nitrogens with one attached hydrogen (secondary N) is 1. The van der Waals surface area contributed by atoms with Gasteiger partial charge in [-0.3, -0.25) is 9.59 Å². The van der Waals surface area contributed by atoms with Crippen LogP contribution in [-0.4, -0.2) is 42.9 Å². The highest BCUT2D eigenvalue weighted by atomic mass is 35.5. The molecule has 0 saturated carbocycles. The van der Waals surface area contributed by atoms with Crippen LogP contribution in [0.4, 0.5) is 10.1 Å². The van der Waals surface area contributed by atoms with Crippen LogP contribution >= 0.6 is 23.2 Å². The number of carbonyl (C=O) groups is 3. The first-order chi connectivity index (χ1) is 12.8. The summed E-state index contributed by atoms with van der Waals surface area (Å²) < 4.78 is 17.7. The highest BCUT2D eigenvalue weighted by Gasteiger charge is 2.17. The summed E-state index contributed by atoms with van der Waals surface area (Å²) in [7, 11) is 1.38. The minimum Gasteiger partial charge on any atom is -0.452 e. The second-order valence-corrected chi connectivity index (χ2v) is 6.35. The van der Waals surface area contributed by atoms with Crippen molar-refractivity contribution in [3.63, 3.8) is 0 Å². The van der Waals surface area contributed by atoms with Crippen LogP contribution in [0.1, 0.15) is 10.4 Å². The molecule has 2 aromatic carbocycles. The molecule has 9 heteroatoms. The van der Waals surface area contributed by atoms with E-state index in [1.54, 1.807) is 0 Å². The number of hydrogen-bond donors (Lipinski definition) is 1. The van der Waals surface area contributed by atoms with E-state index in [-0.39, 0.29) is 17.1 Å². The minimum atomic E-state index is -0.783. The van der Waals surface area contributed by atoms with E-state index in [0.717, 1.165) is 4.90 Å². The van der Waals surface area contributed by atoms with Crippen molar-refractivity contribution in [2.24, 2.45) is 0 Å². The summed E-state index contributed by atoms with van der Waals surface area (Å²) in [5.41, 5.74) is 0.469. The van der Waals surface area contributed by atoms with Crippen LogP contribution in [0.2, 0.25) is 10.0 Å². The highest BCUT2D eigenvalue weighted by Crippen LogP contribution is 2.21. The van der Waals surface area contributed by atoms with Gasteiger partial charge in [0.2, 0.25) is 5.91 Å². The number of likely N-dealkylation sites (N-methyl/N-ethyl adjacent to an activating group) is 1. The summed E-state index contributed by atoms with van der Waals surface area (Å²) in [6, 6.07) is 9.43. The fraction of sp³-hybridized carbons (Fsp3) is 0.167. The molecule has 1 N–H and O–H groups in total. The third-order valence-corrected chi connectivity index (χ3v) is 3.96. The number of carbonyl (C=O) groups excluding carboxylic acids is 3. The van der Waals surface area contributed by atoms with Gasteiger partial charge in [0.1, 0.15) is 5.82 Å². The number of rotatable bonds is 6. The van der Waals surface area contributed by atoms with Crippen LogP contribution in [-0.2, 0) is 14.3 Å². The fourth-order valence-corrected chi connectivity index (χ4v) is 2.49. The van der Waals surface area contributed by atoms with Gasteiger partial charge >= 0.3 is 5.97 Å². The number of esters is 1. The normalized spacial score (nSPS) is 10.2. The van der Waals surface area contributed by atoms with Gasteiger partial charge in [0.15, 0.2) is 6.61 Å². The fourth-order valence-electron chi connectivity index (χ4n) is 2.01. The van der Waals surface area contributed by atoms with Gasteiger partial charge in [0.05, 0.1) is 17.1 Å². The topological polar surface area (TPSA) is 75.7 Å². The Bertz CT molecular complexity index is 859. The van der Waals surface area contributed by atoms with Crippen molar-refractivity contribution in [2.75, 3.05) is 25.5 Å². The average Bonchev–Trinajstić information content (AvgIpc) is 2.61. The van der Waals surface area contributed by atoms with Crippen molar-refractivity contribution in [3.05, 3.63) is 63.9 Å². The quantitative estimate of drug-likeness (QED) is 0.737. The number of hydrogen-bond acceptors (Lipinski definition) is 4. The van der Waals surface area contributed by atoms with Gasteiger partial charge in [0.25, 0.3) is 5.91 Å². The van der Waals surface area contributed by atoms with E-state index in [0.29, 0.717) is 10.7 Å². The maximum Gasteiger partial charge on any atom is 0.340 e. The molecule has 0 aromatic heterocycles. The molecule has 2 aromatic rings. The van der Waals surface area contributed by atoms with Crippen molar-refractivity contribution in [2.45, 2.75) is 0 Å². The van der Waals surface area contributed by atoms with Gasteiger partial charge in [-0.05, 0) is 42.5 Å². The lowest BCUT2D eigenvalue weighted by atomic mass is 10.2. The monoisotopic (exact) mass is 412 g/mol. The zero-order chi connectivity index (χ0) is 20.0. The Morgan fingerprint density at radius 1 is 1.11 bits per heavy atom. The lowest BCUT2D eigenvalue weighted by molar-refractivity contribution is -0.136. The van der Waals surface area contributed by atoms with Crippen molar-refractivity contribution in [1.29, 1.82) is 0 Å². The molecule has 0 unspecified atom stereocenters. The number of benzene rings is 2. The molecule has 0 spiro atoms. The van der Waals surface area contributed by atoms with Gasteiger partial charge < -0.3 is 15.0 Å². The summed E-state index contributed by atoms with van der Waals surface area (Å²) in [5, 5.41) is 2.99. The summed E-state index contributed by atoms with van der Waals surface area (Å²) >= 11 is 11.7. The predicted octanol–water partition coefficient (Wildman–Crippen LogP) is 3.39. The number of ether oxygens (including phenoxy) is 1. The maximum atomic E-state index is 12.8. The highest BCUT2D eigenvalue weighted by molar-refractivity contribution is 6.36. The van der Waals surface area contributed by atoms with Crippen molar-refractivity contribution in [3.8, 4) is 0 Å². The van der Waals surface area contributed by atoms with Gasteiger partial charge in [-0.2, -0.15) is 0 Å². The third-order valence-electron chi connectivity index (χ3n) is 3.41. The van der Waals surface area contributed by atoms with E-state index in [1.807, 2.05) is 0 Å². The van der Waals surface area contributed by atoms with Crippen LogP contribution in [0, 0.1) is 5.82 Å². The van der Waals surface area contributed by atoms with E-state index in [4.69, 9.17) is 27.9 Å². The summed E-state index contributed by atoms with van der Waals surface area (Å²) in [6.07, 6.45) is 0. The number of anilines is 1. The molecule has 0 saturated heterocycles. The molecule has 2 rings (SSSR count). The number of amides is 2. The minimum absolute atomic E-state index is 0.0746. The molecule has 0 aliphatic carbocycles. The first kappa shape index (κ1) is 20.7. The van der Waals surface area contributed by atoms with Crippen molar-refractivity contribution in [1.82, 2.24) is 4.90 Å². The zero-order valence-electron chi connectivity index (χ0n) is 14.2. The first-order valence-corrected chi connectivity index (χ1v) is 8.43. The molecule has 6 nitrogen and oxygen atoms in total. The van der Waals surface area contributed by atoms with Crippen molar-refractivity contribution < 1.29 is 23.5 Å². The standard InChI is InChI=1S/C18H15Cl2FN2O4/c1-23(9-16(24)22-13-5-3-12(21)4-6-13)17(25)10-27-18(26)14-7-2-11(19)8-15(14)20/h2-8H,9-10H2,1H3,(H,22,24). The Morgan fingerprint density at radius 2 is 1.78 bits per heavy atom. The number of nitrogens with zero attached hydrogens (tertiary/aromatic N) is 1. The second-order valence-electron chi connectivity index (χ2n) is 5.51. The van der Waals surface area contributed by atoms with Crippen LogP contribution in [0.5, 0.6) is 0 Å². The van der Waals surface area contributed by atoms with Crippen molar-refractivity contribution >= 4 is 46.7 Å². The molecule has 0 aliphatic rings. The van der Waals surface area contributed by atoms with E-state index in [1.165, 1.54) is 49.5 Å². The van der Waals surface area contributed by atoms with Crippen LogP contribution in [0.25, 0.3) is 0 Å². The van der Waals surface area contributed by atoms with E-state index >= 15 is 0 Å². The van der Waals surface area contributed by atoms with Gasteiger partial charge in [0, 0.05) is 17.8 Å². The van der Waals surface area contributed by atoms with E-state index < -0.39 is 30.2 Å². The Balaban J connectivity index is 1.83. The molecule has 2 amide bonds. The first-order valence-electron chi connectivity index (χ1n) is 7.68. The maximum absolute atomic E-state index is 12.8. The zero-order valence-corrected chi connectivity index (χ0v) is 15.7. The third kappa shape index (κ3) is 6.23. The molecule has 0 heterocycles. The molecule has 0 radical (unpaired) electrons. The predicted molar refractivity (Wildman–Crippen MR) is 99.4 cm³/mol. The molecular formula is C18H15Cl2FN2O4. The molecule has 0 fully saturated rings. The lowest BCUT2D eigenvalue weighted by Gasteiger charge is -2.17. The molecule has 0 atom stereocenters. The van der Waals surface area contributed by atoms with Crippen LogP contribution < -0.4 is 5.32 Å². The van der Waals surface area contributed by atoms with Gasteiger partial charge in [-0.1, -0.05) is 23.2 Å². The Morgan fingerprint density at radius 3 is 2.41 bits per heavy atom. The van der Waals surface area contributed by atoms with E-state index in [9.17, 15) is 18.8 Å². The van der Waals surface area contributed by atoms with E-state index in [2.05, 4.69) is 5.32 Å². The Kier molecular flexibility index (Phi) is 7.15. The molecular weight excluding hydrogens is 398 g/mol. The van der Waals surface area contributed by atoms with Gasteiger partial charge in [-0.15, -0.1) is 0 Å². The summed E-state index contributed by atoms with van der Waals surface area (Å²) in [5.74, 6) is -2.27. The molecule has 142 valence electrons. The SMILES string of the molecule is CN(CC(=O)Nc1ccc(F)cc1)C(=O)COC(=O)c1ccc(Cl)cc1Cl. The van der Waals surface area contributed by atoms with Gasteiger partial charge in [-0.25, -0.2) is 9.18 Å². The van der Waals surface area contributed by atoms with Crippen LogP contribution in [0.3, 0.4) is 0 Å². The lowest BCUT2D eigenvalue weighted by Crippen LogP contribution is -2.37. The number of halogens is 3. The summed E-state index contributed by atoms with van der Waals surface area (Å²) in [4.78, 5) is 37.0. The largest absolute Gasteiger partial charge is 0.452 e. The Labute approximate surface area is 164 Å². The molecule has 27 heavy (non-hydrogen) atoms. The smallest absolute Gasteiger partial charge is 0.340 e. The van der Waals surface area contributed by atoms with Crippen LogP contribution in [0.15, 0.2) is 42.5 Å².